The van der Waals surface area contributed by atoms with Gasteiger partial charge in [0.2, 0.25) is 0 Å². The summed E-state index contributed by atoms with van der Waals surface area (Å²) in [5, 5.41) is 9.28. The molecule has 4 rings (SSSR count). The first-order valence-corrected chi connectivity index (χ1v) is 10.3. The fraction of sp³-hybridized carbons (Fsp3) is 0.300. The van der Waals surface area contributed by atoms with E-state index >= 15 is 0 Å². The van der Waals surface area contributed by atoms with Crippen LogP contribution in [0.25, 0.3) is 0 Å². The Morgan fingerprint density at radius 1 is 1.31 bits per heavy atom. The highest BCUT2D eigenvalue weighted by Crippen LogP contribution is 2.47. The van der Waals surface area contributed by atoms with Gasteiger partial charge in [-0.25, -0.2) is 0 Å². The lowest BCUT2D eigenvalue weighted by atomic mass is 9.70. The minimum atomic E-state index is -0.587. The van der Waals surface area contributed by atoms with E-state index < -0.39 is 5.92 Å². The number of rotatable bonds is 3. The van der Waals surface area contributed by atoms with E-state index in [0.29, 0.717) is 12.1 Å². The Hall–Kier alpha value is -2.18. The predicted octanol–water partition coefficient (Wildman–Crippen LogP) is 4.20. The smallest absolute Gasteiger partial charge is 0.315 e. The number of ketones is 1. The van der Waals surface area contributed by atoms with Crippen molar-refractivity contribution in [2.75, 3.05) is 7.11 Å². The molecule has 1 aliphatic carbocycles. The molecule has 3 atom stereocenters. The van der Waals surface area contributed by atoms with Gasteiger partial charge in [0.25, 0.3) is 0 Å². The van der Waals surface area contributed by atoms with Crippen molar-refractivity contribution < 1.29 is 14.3 Å². The van der Waals surface area contributed by atoms with E-state index in [1.807, 2.05) is 28.3 Å². The molecule has 0 bridgehead atoms. The SMILES string of the molecule is C=C1NC2=C(C(=O)CC(c3cccs3)C2)C(c2ccsc2)C1C(=O)OC. The predicted molar refractivity (Wildman–Crippen MR) is 103 cm³/mol. The quantitative estimate of drug-likeness (QED) is 0.805. The lowest BCUT2D eigenvalue weighted by molar-refractivity contribution is -0.144. The van der Waals surface area contributed by atoms with Gasteiger partial charge in [0.1, 0.15) is 5.92 Å². The first-order chi connectivity index (χ1) is 12.6. The first-order valence-electron chi connectivity index (χ1n) is 8.45. The second-order valence-electron chi connectivity index (χ2n) is 6.62. The Bertz CT molecular complexity index is 880. The number of carbonyl (C=O) groups excluding carboxylic acids is 2. The molecule has 0 aromatic carbocycles. The van der Waals surface area contributed by atoms with Crippen LogP contribution >= 0.6 is 22.7 Å². The molecule has 0 spiro atoms. The average molecular weight is 386 g/mol. The number of nitrogens with one attached hydrogen (secondary N) is 1. The van der Waals surface area contributed by atoms with Crippen molar-refractivity contribution in [3.05, 3.63) is 68.3 Å². The molecule has 26 heavy (non-hydrogen) atoms. The van der Waals surface area contributed by atoms with Gasteiger partial charge in [-0.2, -0.15) is 11.3 Å². The molecular weight excluding hydrogens is 366 g/mol. The largest absolute Gasteiger partial charge is 0.468 e. The van der Waals surface area contributed by atoms with Crippen molar-refractivity contribution in [1.82, 2.24) is 5.32 Å². The van der Waals surface area contributed by atoms with Gasteiger partial charge in [0.05, 0.1) is 7.11 Å². The number of carbonyl (C=O) groups is 2. The minimum absolute atomic E-state index is 0.106. The summed E-state index contributed by atoms with van der Waals surface area (Å²) in [5.41, 5.74) is 3.20. The Balaban J connectivity index is 1.79. The van der Waals surface area contributed by atoms with E-state index in [1.54, 1.807) is 22.7 Å². The summed E-state index contributed by atoms with van der Waals surface area (Å²) < 4.78 is 5.01. The zero-order valence-corrected chi connectivity index (χ0v) is 16.0. The molecular formula is C20H19NO3S2. The molecule has 0 amide bonds. The second-order valence-corrected chi connectivity index (χ2v) is 8.38. The van der Waals surface area contributed by atoms with Crippen molar-refractivity contribution in [2.24, 2.45) is 5.92 Å². The van der Waals surface area contributed by atoms with Gasteiger partial charge in [-0.3, -0.25) is 9.59 Å². The molecule has 4 nitrogen and oxygen atoms in total. The number of hydrogen-bond donors (Lipinski definition) is 1. The summed E-state index contributed by atoms with van der Waals surface area (Å²) in [6, 6.07) is 6.08. The lowest BCUT2D eigenvalue weighted by Crippen LogP contribution is -2.41. The van der Waals surface area contributed by atoms with Crippen molar-refractivity contribution in [3.63, 3.8) is 0 Å². The van der Waals surface area contributed by atoms with Gasteiger partial charge in [-0.15, -0.1) is 11.3 Å². The van der Waals surface area contributed by atoms with E-state index in [9.17, 15) is 9.59 Å². The van der Waals surface area contributed by atoms with Crippen LogP contribution in [0.5, 0.6) is 0 Å². The molecule has 1 N–H and O–H groups in total. The maximum absolute atomic E-state index is 13.1. The van der Waals surface area contributed by atoms with Gasteiger partial charge in [0, 0.05) is 40.1 Å². The van der Waals surface area contributed by atoms with Crippen LogP contribution in [-0.4, -0.2) is 18.9 Å². The summed E-state index contributed by atoms with van der Waals surface area (Å²) in [6.45, 7) is 4.08. The van der Waals surface area contributed by atoms with Gasteiger partial charge >= 0.3 is 5.97 Å². The van der Waals surface area contributed by atoms with Crippen LogP contribution in [0.2, 0.25) is 0 Å². The number of esters is 1. The average Bonchev–Trinajstić information content (AvgIpc) is 3.33. The van der Waals surface area contributed by atoms with Gasteiger partial charge < -0.3 is 10.1 Å². The highest BCUT2D eigenvalue weighted by atomic mass is 32.1. The number of Topliss-reactive ketones (excluding diaryl/α,β-unsaturated/α-hetero) is 1. The van der Waals surface area contributed by atoms with Crippen LogP contribution in [0.1, 0.15) is 35.1 Å². The molecule has 134 valence electrons. The highest BCUT2D eigenvalue weighted by Gasteiger charge is 2.45. The van der Waals surface area contributed by atoms with E-state index in [4.69, 9.17) is 4.74 Å². The Labute approximate surface area is 160 Å². The molecule has 0 radical (unpaired) electrons. The number of hydrogen-bond acceptors (Lipinski definition) is 6. The zero-order valence-electron chi connectivity index (χ0n) is 14.4. The Morgan fingerprint density at radius 2 is 2.15 bits per heavy atom. The molecule has 2 aliphatic rings. The van der Waals surface area contributed by atoms with E-state index in [-0.39, 0.29) is 23.6 Å². The lowest BCUT2D eigenvalue weighted by Gasteiger charge is -2.39. The number of allylic oxidation sites excluding steroid dienone is 2. The van der Waals surface area contributed by atoms with E-state index in [1.165, 1.54) is 12.0 Å². The van der Waals surface area contributed by atoms with Crippen LogP contribution in [0.15, 0.2) is 57.9 Å². The highest BCUT2D eigenvalue weighted by molar-refractivity contribution is 7.10. The van der Waals surface area contributed by atoms with Crippen LogP contribution in [0.4, 0.5) is 0 Å². The molecule has 3 heterocycles. The van der Waals surface area contributed by atoms with Crippen molar-refractivity contribution in [3.8, 4) is 0 Å². The third-order valence-electron chi connectivity index (χ3n) is 5.14. The molecule has 2 aromatic heterocycles. The fourth-order valence-corrected chi connectivity index (χ4v) is 5.52. The van der Waals surface area contributed by atoms with Crippen molar-refractivity contribution in [1.29, 1.82) is 0 Å². The van der Waals surface area contributed by atoms with Crippen LogP contribution in [0.3, 0.4) is 0 Å². The maximum atomic E-state index is 13.1. The third kappa shape index (κ3) is 2.83. The van der Waals surface area contributed by atoms with Crippen LogP contribution in [0, 0.1) is 5.92 Å². The molecule has 0 saturated carbocycles. The molecule has 0 fully saturated rings. The van der Waals surface area contributed by atoms with Crippen molar-refractivity contribution in [2.45, 2.75) is 24.7 Å². The topological polar surface area (TPSA) is 55.4 Å². The van der Waals surface area contributed by atoms with E-state index in [0.717, 1.165) is 23.3 Å². The monoisotopic (exact) mass is 385 g/mol. The summed E-state index contributed by atoms with van der Waals surface area (Å²) in [4.78, 5) is 26.8. The van der Waals surface area contributed by atoms with E-state index in [2.05, 4.69) is 18.0 Å². The molecule has 3 unspecified atom stereocenters. The second kappa shape index (κ2) is 6.85. The third-order valence-corrected chi connectivity index (χ3v) is 6.88. The van der Waals surface area contributed by atoms with Gasteiger partial charge in [-0.05, 0) is 40.3 Å². The summed E-state index contributed by atoms with van der Waals surface area (Å²) in [5.74, 6) is -0.989. The number of methoxy groups -OCH3 is 1. The Kier molecular flexibility index (Phi) is 4.54. The van der Waals surface area contributed by atoms with Crippen molar-refractivity contribution >= 4 is 34.4 Å². The summed E-state index contributed by atoms with van der Waals surface area (Å²) >= 11 is 3.24. The zero-order chi connectivity index (χ0) is 18.3. The standard InChI is InChI=1S/C20H19NO3S2/c1-11-17(20(23)24-2)18(12-5-7-25-10-12)19-14(21-11)8-13(9-15(19)22)16-4-3-6-26-16/h3-7,10,13,17-18,21H,1,8-9H2,2H3. The number of thiophene rings is 2. The molecule has 2 aromatic rings. The summed E-state index contributed by atoms with van der Waals surface area (Å²) in [6.07, 6.45) is 1.23. The Morgan fingerprint density at radius 3 is 2.81 bits per heavy atom. The first kappa shape index (κ1) is 17.2. The molecule has 6 heteroatoms. The molecule has 1 aliphatic heterocycles. The fourth-order valence-electron chi connectivity index (χ4n) is 3.99. The van der Waals surface area contributed by atoms with Gasteiger partial charge in [0.15, 0.2) is 5.78 Å². The van der Waals surface area contributed by atoms with Crippen LogP contribution in [-0.2, 0) is 14.3 Å². The summed E-state index contributed by atoms with van der Waals surface area (Å²) in [7, 11) is 1.37. The molecule has 0 saturated heterocycles. The van der Waals surface area contributed by atoms with Gasteiger partial charge in [-0.1, -0.05) is 12.6 Å². The number of ether oxygens (including phenoxy) is 1. The maximum Gasteiger partial charge on any atom is 0.315 e. The van der Waals surface area contributed by atoms with Crippen LogP contribution < -0.4 is 5.32 Å². The normalized spacial score (nSPS) is 25.7. The minimum Gasteiger partial charge on any atom is -0.468 e.